The maximum atomic E-state index is 9.61. The Morgan fingerprint density at radius 3 is 2.75 bits per heavy atom. The van der Waals surface area contributed by atoms with Crippen molar-refractivity contribution >= 4 is 23.8 Å². The number of phenols is 1. The number of aromatic amines is 1. The minimum absolute atomic E-state index is 0.163. The van der Waals surface area contributed by atoms with E-state index in [9.17, 15) is 5.11 Å². The smallest absolute Gasteiger partial charge is 0.124 e. The first-order chi connectivity index (χ1) is 7.65. The van der Waals surface area contributed by atoms with E-state index in [1.54, 1.807) is 18.2 Å². The Morgan fingerprint density at radius 1 is 1.31 bits per heavy atom. The van der Waals surface area contributed by atoms with Crippen LogP contribution in [0.2, 0.25) is 5.02 Å². The van der Waals surface area contributed by atoms with Crippen molar-refractivity contribution in [2.24, 2.45) is 0 Å². The van der Waals surface area contributed by atoms with Gasteiger partial charge in [-0.15, -0.1) is 0 Å². The van der Waals surface area contributed by atoms with E-state index in [2.05, 4.69) is 10.2 Å². The van der Waals surface area contributed by atoms with Crippen LogP contribution in [0.1, 0.15) is 17.0 Å². The summed E-state index contributed by atoms with van der Waals surface area (Å²) >= 11 is 5.74. The third-order valence-electron chi connectivity index (χ3n) is 2.15. The molecule has 0 fully saturated rings. The molecule has 2 rings (SSSR count). The number of nitrogens with zero attached hydrogens (tertiary/aromatic N) is 1. The summed E-state index contributed by atoms with van der Waals surface area (Å²) in [5.41, 5.74) is 2.54. The zero-order chi connectivity index (χ0) is 11.5. The molecule has 0 bridgehead atoms. The lowest BCUT2D eigenvalue weighted by atomic mass is 10.2. The Kier molecular flexibility index (Phi) is 2.97. The molecule has 0 unspecified atom stereocenters. The van der Waals surface area contributed by atoms with Gasteiger partial charge in [0.15, 0.2) is 0 Å². The Bertz CT molecular complexity index is 532. The molecular formula is C12H11ClN2O. The van der Waals surface area contributed by atoms with Gasteiger partial charge in [0.25, 0.3) is 0 Å². The number of aromatic nitrogens is 2. The second kappa shape index (κ2) is 4.41. The van der Waals surface area contributed by atoms with Crippen LogP contribution in [0, 0.1) is 6.92 Å². The fourth-order valence-electron chi connectivity index (χ4n) is 1.36. The molecule has 0 spiro atoms. The summed E-state index contributed by atoms with van der Waals surface area (Å²) in [5, 5.41) is 17.0. The Labute approximate surface area is 98.4 Å². The highest BCUT2D eigenvalue weighted by atomic mass is 35.5. The van der Waals surface area contributed by atoms with Crippen molar-refractivity contribution in [2.45, 2.75) is 6.92 Å². The summed E-state index contributed by atoms with van der Waals surface area (Å²) < 4.78 is 0. The fraction of sp³-hybridized carbons (Fsp3) is 0.0833. The number of benzene rings is 1. The first-order valence-electron chi connectivity index (χ1n) is 4.84. The molecule has 1 heterocycles. The monoisotopic (exact) mass is 234 g/mol. The normalized spacial score (nSPS) is 11.1. The van der Waals surface area contributed by atoms with Gasteiger partial charge in [-0.25, -0.2) is 0 Å². The van der Waals surface area contributed by atoms with Crippen LogP contribution in [0.25, 0.3) is 12.2 Å². The van der Waals surface area contributed by atoms with Crippen molar-refractivity contribution < 1.29 is 5.11 Å². The number of aromatic hydroxyl groups is 1. The maximum Gasteiger partial charge on any atom is 0.124 e. The number of hydrogen-bond donors (Lipinski definition) is 2. The van der Waals surface area contributed by atoms with Crippen molar-refractivity contribution in [3.63, 3.8) is 0 Å². The molecule has 0 aliphatic heterocycles. The van der Waals surface area contributed by atoms with Crippen LogP contribution >= 0.6 is 11.6 Å². The van der Waals surface area contributed by atoms with Gasteiger partial charge in [-0.1, -0.05) is 11.6 Å². The number of hydrogen-bond acceptors (Lipinski definition) is 2. The molecule has 2 N–H and O–H groups in total. The molecule has 0 atom stereocenters. The first kappa shape index (κ1) is 10.8. The Morgan fingerprint density at radius 2 is 2.12 bits per heavy atom. The standard InChI is InChI=1S/C12H11ClN2O/c1-8-6-11(15-14-8)5-3-9-2-4-10(13)7-12(9)16/h2-7,16H,1H3,(H,14,15)/b5-3+. The lowest BCUT2D eigenvalue weighted by Gasteiger charge is -1.98. The highest BCUT2D eigenvalue weighted by Crippen LogP contribution is 2.23. The lowest BCUT2D eigenvalue weighted by Crippen LogP contribution is -1.75. The molecule has 4 heteroatoms. The van der Waals surface area contributed by atoms with Crippen molar-refractivity contribution in [3.8, 4) is 5.75 Å². The van der Waals surface area contributed by atoms with Crippen molar-refractivity contribution in [3.05, 3.63) is 46.2 Å². The molecular weight excluding hydrogens is 224 g/mol. The topological polar surface area (TPSA) is 48.9 Å². The molecule has 82 valence electrons. The van der Waals surface area contributed by atoms with Gasteiger partial charge in [0.2, 0.25) is 0 Å². The minimum Gasteiger partial charge on any atom is -0.507 e. The zero-order valence-corrected chi connectivity index (χ0v) is 9.49. The second-order valence-electron chi connectivity index (χ2n) is 3.51. The van der Waals surface area contributed by atoms with Crippen LogP contribution in [0.3, 0.4) is 0 Å². The number of halogens is 1. The van der Waals surface area contributed by atoms with E-state index in [-0.39, 0.29) is 5.75 Å². The summed E-state index contributed by atoms with van der Waals surface area (Å²) in [5.74, 6) is 0.163. The SMILES string of the molecule is Cc1cc(/C=C/c2ccc(Cl)cc2O)n[nH]1. The van der Waals surface area contributed by atoms with Gasteiger partial charge in [0.05, 0.1) is 5.69 Å². The summed E-state index contributed by atoms with van der Waals surface area (Å²) in [6.45, 7) is 1.93. The fourth-order valence-corrected chi connectivity index (χ4v) is 1.52. The molecule has 1 aromatic carbocycles. The van der Waals surface area contributed by atoms with Gasteiger partial charge in [0.1, 0.15) is 5.75 Å². The minimum atomic E-state index is 0.163. The van der Waals surface area contributed by atoms with E-state index in [1.807, 2.05) is 19.1 Å². The number of rotatable bonds is 2. The molecule has 3 nitrogen and oxygen atoms in total. The average Bonchev–Trinajstić information content (AvgIpc) is 2.63. The van der Waals surface area contributed by atoms with Crippen LogP contribution in [0.5, 0.6) is 5.75 Å². The maximum absolute atomic E-state index is 9.61. The third-order valence-corrected chi connectivity index (χ3v) is 2.39. The predicted octanol–water partition coefficient (Wildman–Crippen LogP) is 3.25. The largest absolute Gasteiger partial charge is 0.507 e. The molecule has 1 aromatic heterocycles. The number of H-pyrrole nitrogens is 1. The van der Waals surface area contributed by atoms with E-state index < -0.39 is 0 Å². The van der Waals surface area contributed by atoms with Crippen LogP contribution < -0.4 is 0 Å². The van der Waals surface area contributed by atoms with Gasteiger partial charge >= 0.3 is 0 Å². The zero-order valence-electron chi connectivity index (χ0n) is 8.74. The molecule has 0 aliphatic rings. The van der Waals surface area contributed by atoms with Crippen LogP contribution in [0.4, 0.5) is 0 Å². The molecule has 0 radical (unpaired) electrons. The highest BCUT2D eigenvalue weighted by molar-refractivity contribution is 6.30. The Hall–Kier alpha value is -1.74. The summed E-state index contributed by atoms with van der Waals surface area (Å²) in [6, 6.07) is 6.92. The van der Waals surface area contributed by atoms with Crippen LogP contribution in [0.15, 0.2) is 24.3 Å². The molecule has 0 saturated carbocycles. The van der Waals surface area contributed by atoms with E-state index in [0.717, 1.165) is 11.4 Å². The molecule has 0 amide bonds. The van der Waals surface area contributed by atoms with Crippen LogP contribution in [-0.4, -0.2) is 15.3 Å². The summed E-state index contributed by atoms with van der Waals surface area (Å²) in [4.78, 5) is 0. The van der Waals surface area contributed by atoms with Gasteiger partial charge in [-0.3, -0.25) is 5.10 Å². The number of phenolic OH excluding ortho intramolecular Hbond substituents is 1. The first-order valence-corrected chi connectivity index (χ1v) is 5.21. The molecule has 0 aliphatic carbocycles. The van der Waals surface area contributed by atoms with E-state index in [4.69, 9.17) is 11.6 Å². The summed E-state index contributed by atoms with van der Waals surface area (Å²) in [7, 11) is 0. The average molecular weight is 235 g/mol. The number of nitrogens with one attached hydrogen (secondary N) is 1. The van der Waals surface area contributed by atoms with E-state index >= 15 is 0 Å². The lowest BCUT2D eigenvalue weighted by molar-refractivity contribution is 0.474. The van der Waals surface area contributed by atoms with Gasteiger partial charge < -0.3 is 5.11 Å². The third kappa shape index (κ3) is 2.44. The Balaban J connectivity index is 2.23. The number of aryl methyl sites for hydroxylation is 1. The van der Waals surface area contributed by atoms with Crippen molar-refractivity contribution in [2.75, 3.05) is 0 Å². The van der Waals surface area contributed by atoms with Gasteiger partial charge in [-0.2, -0.15) is 5.10 Å². The molecule has 2 aromatic rings. The second-order valence-corrected chi connectivity index (χ2v) is 3.95. The van der Waals surface area contributed by atoms with Gasteiger partial charge in [0, 0.05) is 16.3 Å². The summed E-state index contributed by atoms with van der Waals surface area (Å²) in [6.07, 6.45) is 3.62. The van der Waals surface area contributed by atoms with E-state index in [1.165, 1.54) is 6.07 Å². The van der Waals surface area contributed by atoms with Gasteiger partial charge in [-0.05, 0) is 43.3 Å². The molecule has 0 saturated heterocycles. The predicted molar refractivity (Wildman–Crippen MR) is 65.4 cm³/mol. The quantitative estimate of drug-likeness (QED) is 0.838. The highest BCUT2D eigenvalue weighted by Gasteiger charge is 1.98. The van der Waals surface area contributed by atoms with Crippen molar-refractivity contribution in [1.82, 2.24) is 10.2 Å². The van der Waals surface area contributed by atoms with Crippen molar-refractivity contribution in [1.29, 1.82) is 0 Å². The van der Waals surface area contributed by atoms with E-state index in [0.29, 0.717) is 10.6 Å². The van der Waals surface area contributed by atoms with Crippen LogP contribution in [-0.2, 0) is 0 Å². The molecule has 16 heavy (non-hydrogen) atoms.